The van der Waals surface area contributed by atoms with Crippen LogP contribution in [0.5, 0.6) is 0 Å². The van der Waals surface area contributed by atoms with Gasteiger partial charge in [-0.15, -0.1) is 5.10 Å². The first-order valence-corrected chi connectivity index (χ1v) is 8.15. The van der Waals surface area contributed by atoms with Crippen LogP contribution < -0.4 is 0 Å². The average Bonchev–Trinajstić information content (AvgIpc) is 3.12. The van der Waals surface area contributed by atoms with E-state index in [0.29, 0.717) is 15.7 Å². The Morgan fingerprint density at radius 3 is 2.54 bits per heavy atom. The highest BCUT2D eigenvalue weighted by molar-refractivity contribution is 6.42. The topological polar surface area (TPSA) is 60.9 Å². The van der Waals surface area contributed by atoms with Crippen molar-refractivity contribution in [2.24, 2.45) is 0 Å². The summed E-state index contributed by atoms with van der Waals surface area (Å²) >= 11 is 12.1. The molecule has 0 bridgehead atoms. The van der Waals surface area contributed by atoms with Crippen LogP contribution in [0.4, 0.5) is 0 Å². The number of nitrogens with zero attached hydrogens (tertiary/aromatic N) is 6. The summed E-state index contributed by atoms with van der Waals surface area (Å²) in [4.78, 5) is 9.14. The first kappa shape index (κ1) is 15.4. The minimum atomic E-state index is -0.141. The Kier molecular flexibility index (Phi) is 3.30. The molecule has 0 spiro atoms. The molecule has 0 unspecified atom stereocenters. The molecular weight excluding hydrogens is 347 g/mol. The van der Waals surface area contributed by atoms with Crippen molar-refractivity contribution in [1.29, 1.82) is 0 Å². The molecule has 4 rings (SSSR count). The summed E-state index contributed by atoms with van der Waals surface area (Å²) in [7, 11) is 0. The smallest absolute Gasteiger partial charge is 0.170 e. The Morgan fingerprint density at radius 1 is 1.04 bits per heavy atom. The van der Waals surface area contributed by atoms with Gasteiger partial charge < -0.3 is 0 Å². The summed E-state index contributed by atoms with van der Waals surface area (Å²) in [6.07, 6.45) is 3.39. The van der Waals surface area contributed by atoms with Gasteiger partial charge in [-0.3, -0.25) is 0 Å². The average molecular weight is 361 g/mol. The largest absolute Gasteiger partial charge is 0.216 e. The Balaban J connectivity index is 1.95. The van der Waals surface area contributed by atoms with Gasteiger partial charge in [0, 0.05) is 5.41 Å². The number of fused-ring (bicyclic) bond motifs is 3. The summed E-state index contributed by atoms with van der Waals surface area (Å²) < 4.78 is 3.40. The van der Waals surface area contributed by atoms with E-state index in [2.05, 4.69) is 40.9 Å². The molecule has 3 aromatic heterocycles. The Labute approximate surface area is 148 Å². The second kappa shape index (κ2) is 5.16. The molecule has 0 atom stereocenters. The number of hydrogen-bond donors (Lipinski definition) is 0. The lowest BCUT2D eigenvalue weighted by molar-refractivity contribution is 0.545. The van der Waals surface area contributed by atoms with E-state index in [1.54, 1.807) is 33.9 Å². The molecule has 3 heterocycles. The molecule has 6 nitrogen and oxygen atoms in total. The van der Waals surface area contributed by atoms with Crippen molar-refractivity contribution in [3.63, 3.8) is 0 Å². The summed E-state index contributed by atoms with van der Waals surface area (Å²) in [6.45, 7) is 6.22. The van der Waals surface area contributed by atoms with Crippen molar-refractivity contribution in [2.45, 2.75) is 26.2 Å². The van der Waals surface area contributed by atoms with E-state index in [4.69, 9.17) is 23.2 Å². The predicted octanol–water partition coefficient (Wildman–Crippen LogP) is 4.07. The van der Waals surface area contributed by atoms with Crippen molar-refractivity contribution in [3.8, 4) is 5.69 Å². The minimum absolute atomic E-state index is 0.141. The van der Waals surface area contributed by atoms with Crippen LogP contribution in [0.15, 0.2) is 30.7 Å². The monoisotopic (exact) mass is 360 g/mol. The molecular formula is C16H14Cl2N6. The lowest BCUT2D eigenvalue weighted by Gasteiger charge is -2.11. The lowest BCUT2D eigenvalue weighted by Crippen LogP contribution is -2.13. The van der Waals surface area contributed by atoms with Crippen LogP contribution in [-0.2, 0) is 5.41 Å². The molecule has 24 heavy (non-hydrogen) atoms. The molecule has 1 aromatic carbocycles. The highest BCUT2D eigenvalue weighted by Crippen LogP contribution is 2.27. The van der Waals surface area contributed by atoms with Crippen molar-refractivity contribution >= 4 is 39.9 Å². The molecule has 0 radical (unpaired) electrons. The SMILES string of the molecule is CC(C)(C)c1nc2c3cnn(-c4ccc(Cl)c(Cl)c4)c3ncn2n1. The Morgan fingerprint density at radius 2 is 1.83 bits per heavy atom. The first-order valence-electron chi connectivity index (χ1n) is 7.39. The fraction of sp³-hybridized carbons (Fsp3) is 0.250. The van der Waals surface area contributed by atoms with E-state index >= 15 is 0 Å². The zero-order valence-electron chi connectivity index (χ0n) is 13.3. The number of hydrogen-bond acceptors (Lipinski definition) is 4. The minimum Gasteiger partial charge on any atom is -0.216 e. The molecule has 0 saturated heterocycles. The quantitative estimate of drug-likeness (QED) is 0.513. The van der Waals surface area contributed by atoms with E-state index in [1.165, 1.54) is 0 Å². The Hall–Kier alpha value is -2.18. The fourth-order valence-electron chi connectivity index (χ4n) is 2.44. The summed E-state index contributed by atoms with van der Waals surface area (Å²) in [5, 5.41) is 10.7. The molecule has 0 aliphatic heterocycles. The highest BCUT2D eigenvalue weighted by Gasteiger charge is 2.21. The van der Waals surface area contributed by atoms with E-state index in [1.807, 2.05) is 6.07 Å². The van der Waals surface area contributed by atoms with Crippen LogP contribution in [0.1, 0.15) is 26.6 Å². The molecule has 0 saturated carbocycles. The van der Waals surface area contributed by atoms with E-state index < -0.39 is 0 Å². The van der Waals surface area contributed by atoms with Gasteiger partial charge in [-0.1, -0.05) is 44.0 Å². The van der Waals surface area contributed by atoms with Crippen LogP contribution in [0.3, 0.4) is 0 Å². The van der Waals surface area contributed by atoms with Gasteiger partial charge in [0.05, 0.1) is 27.3 Å². The molecule has 0 N–H and O–H groups in total. The van der Waals surface area contributed by atoms with Crippen molar-refractivity contribution in [1.82, 2.24) is 29.4 Å². The first-order chi connectivity index (χ1) is 11.3. The van der Waals surface area contributed by atoms with Gasteiger partial charge >= 0.3 is 0 Å². The molecule has 8 heteroatoms. The third-order valence-corrected chi connectivity index (χ3v) is 4.46. The van der Waals surface area contributed by atoms with Crippen molar-refractivity contribution < 1.29 is 0 Å². The number of rotatable bonds is 1. The molecule has 0 fully saturated rings. The number of benzene rings is 1. The van der Waals surface area contributed by atoms with Gasteiger partial charge in [-0.2, -0.15) is 5.10 Å². The maximum atomic E-state index is 6.11. The zero-order chi connectivity index (χ0) is 17.1. The fourth-order valence-corrected chi connectivity index (χ4v) is 2.74. The Bertz CT molecular complexity index is 1070. The van der Waals surface area contributed by atoms with Crippen molar-refractivity contribution in [2.75, 3.05) is 0 Å². The highest BCUT2D eigenvalue weighted by atomic mass is 35.5. The van der Waals surface area contributed by atoms with E-state index in [0.717, 1.165) is 22.5 Å². The molecule has 4 aromatic rings. The summed E-state index contributed by atoms with van der Waals surface area (Å²) in [5.41, 5.74) is 2.06. The predicted molar refractivity (Wildman–Crippen MR) is 94.1 cm³/mol. The normalized spacial score (nSPS) is 12.4. The van der Waals surface area contributed by atoms with Crippen LogP contribution in [0.2, 0.25) is 10.0 Å². The van der Waals surface area contributed by atoms with Crippen LogP contribution >= 0.6 is 23.2 Å². The lowest BCUT2D eigenvalue weighted by atomic mass is 9.96. The van der Waals surface area contributed by atoms with Crippen LogP contribution in [0.25, 0.3) is 22.4 Å². The standard InChI is InChI=1S/C16H14Cl2N6/c1-16(2,3)15-21-14-10-7-20-24(13(10)19-8-23(14)22-15)9-4-5-11(17)12(18)6-9/h4-8H,1-3H3. The summed E-state index contributed by atoms with van der Waals surface area (Å²) in [5.74, 6) is 0.763. The van der Waals surface area contributed by atoms with Gasteiger partial charge in [0.25, 0.3) is 0 Å². The molecule has 122 valence electrons. The number of halogens is 2. The van der Waals surface area contributed by atoms with E-state index in [-0.39, 0.29) is 5.41 Å². The molecule has 0 aliphatic carbocycles. The maximum Gasteiger partial charge on any atom is 0.170 e. The van der Waals surface area contributed by atoms with Gasteiger partial charge in [0.1, 0.15) is 6.33 Å². The zero-order valence-corrected chi connectivity index (χ0v) is 14.8. The summed E-state index contributed by atoms with van der Waals surface area (Å²) in [6, 6.07) is 5.34. The molecule has 0 aliphatic rings. The molecule has 0 amide bonds. The van der Waals surface area contributed by atoms with Gasteiger partial charge in [0.15, 0.2) is 17.1 Å². The van der Waals surface area contributed by atoms with Crippen LogP contribution in [0, 0.1) is 0 Å². The van der Waals surface area contributed by atoms with E-state index in [9.17, 15) is 0 Å². The third-order valence-electron chi connectivity index (χ3n) is 3.72. The van der Waals surface area contributed by atoms with Gasteiger partial charge in [0.2, 0.25) is 0 Å². The second-order valence-corrected chi connectivity index (χ2v) is 7.40. The van der Waals surface area contributed by atoms with Gasteiger partial charge in [-0.25, -0.2) is 19.2 Å². The van der Waals surface area contributed by atoms with Crippen LogP contribution in [-0.4, -0.2) is 29.4 Å². The van der Waals surface area contributed by atoms with Gasteiger partial charge in [-0.05, 0) is 18.2 Å². The van der Waals surface area contributed by atoms with Crippen molar-refractivity contribution in [3.05, 3.63) is 46.6 Å². The maximum absolute atomic E-state index is 6.11. The second-order valence-electron chi connectivity index (χ2n) is 6.59. The number of aromatic nitrogens is 6. The third kappa shape index (κ3) is 2.34.